The smallest absolute Gasteiger partial charge is 0.281 e. The van der Waals surface area contributed by atoms with Crippen LogP contribution in [0.15, 0.2) is 11.1 Å². The molecule has 0 radical (unpaired) electrons. The summed E-state index contributed by atoms with van der Waals surface area (Å²) in [5, 5.41) is -0.452. The predicted octanol–water partition coefficient (Wildman–Crippen LogP) is 2.17. The molecule has 0 unspecified atom stereocenters. The van der Waals surface area contributed by atoms with Gasteiger partial charge in [0.25, 0.3) is 5.91 Å². The molecule has 1 aliphatic rings. The summed E-state index contributed by atoms with van der Waals surface area (Å²) >= 11 is 5.39. The quantitative estimate of drug-likeness (QED) is 0.642. The molecule has 1 aromatic carbocycles. The maximum absolute atomic E-state index is 13.4. The van der Waals surface area contributed by atoms with Crippen molar-refractivity contribution in [1.82, 2.24) is 0 Å². The van der Waals surface area contributed by atoms with E-state index < -0.39 is 22.6 Å². The van der Waals surface area contributed by atoms with Crippen LogP contribution in [0.3, 0.4) is 0 Å². The molecule has 1 amide bonds. The average Bonchev–Trinajstić information content (AvgIpc) is 2.52. The standard InChI is InChI=1S/C9H4ClF2NO2/c1-15-9-5-3(8(14)13-9)2-4(10)6(11)7(5)12/h2H,1H3. The van der Waals surface area contributed by atoms with Gasteiger partial charge in [-0.1, -0.05) is 11.6 Å². The summed E-state index contributed by atoms with van der Waals surface area (Å²) in [6.07, 6.45) is 0. The van der Waals surface area contributed by atoms with Gasteiger partial charge in [0.05, 0.1) is 23.3 Å². The van der Waals surface area contributed by atoms with Gasteiger partial charge < -0.3 is 4.74 Å². The number of hydrogen-bond donors (Lipinski definition) is 0. The lowest BCUT2D eigenvalue weighted by Gasteiger charge is -2.04. The number of rotatable bonds is 0. The molecule has 2 rings (SSSR count). The number of ether oxygens (including phenoxy) is 1. The van der Waals surface area contributed by atoms with Crippen LogP contribution in [0.1, 0.15) is 15.9 Å². The van der Waals surface area contributed by atoms with E-state index in [0.717, 1.165) is 6.07 Å². The Balaban J connectivity index is 2.76. The number of aliphatic imine (C=N–C) groups is 1. The van der Waals surface area contributed by atoms with Gasteiger partial charge >= 0.3 is 0 Å². The third kappa shape index (κ3) is 1.31. The van der Waals surface area contributed by atoms with Crippen LogP contribution in [0.2, 0.25) is 5.02 Å². The molecule has 6 heteroatoms. The maximum atomic E-state index is 13.4. The number of fused-ring (bicyclic) bond motifs is 1. The number of carbonyl (C=O) groups excluding carboxylic acids is 1. The Hall–Kier alpha value is -1.49. The minimum absolute atomic E-state index is 0.0873. The second kappa shape index (κ2) is 3.27. The van der Waals surface area contributed by atoms with Gasteiger partial charge in [-0.2, -0.15) is 4.99 Å². The largest absolute Gasteiger partial charge is 0.480 e. The summed E-state index contributed by atoms with van der Waals surface area (Å²) in [5.74, 6) is -3.36. The molecule has 0 N–H and O–H groups in total. The zero-order valence-corrected chi connectivity index (χ0v) is 8.23. The number of benzene rings is 1. The normalized spacial score (nSPS) is 13.9. The van der Waals surface area contributed by atoms with Crippen LogP contribution < -0.4 is 0 Å². The number of methoxy groups -OCH3 is 1. The molecule has 0 aliphatic carbocycles. The fraction of sp³-hybridized carbons (Fsp3) is 0.111. The molecule has 1 aliphatic heterocycles. The lowest BCUT2D eigenvalue weighted by molar-refractivity contribution is 0.100. The van der Waals surface area contributed by atoms with Crippen molar-refractivity contribution in [3.63, 3.8) is 0 Å². The van der Waals surface area contributed by atoms with Gasteiger partial charge in [-0.3, -0.25) is 4.79 Å². The lowest BCUT2D eigenvalue weighted by Crippen LogP contribution is -2.06. The van der Waals surface area contributed by atoms with Crippen LogP contribution >= 0.6 is 11.6 Å². The van der Waals surface area contributed by atoms with Crippen molar-refractivity contribution in [3.05, 3.63) is 33.9 Å². The minimum atomic E-state index is -1.22. The van der Waals surface area contributed by atoms with Crippen LogP contribution in [0.5, 0.6) is 0 Å². The molecule has 0 aromatic heterocycles. The average molecular weight is 232 g/mol. The topological polar surface area (TPSA) is 38.7 Å². The molecule has 15 heavy (non-hydrogen) atoms. The highest BCUT2D eigenvalue weighted by Gasteiger charge is 2.31. The summed E-state index contributed by atoms with van der Waals surface area (Å²) in [6.45, 7) is 0. The summed E-state index contributed by atoms with van der Waals surface area (Å²) in [4.78, 5) is 14.6. The Morgan fingerprint density at radius 2 is 2.07 bits per heavy atom. The van der Waals surface area contributed by atoms with Crippen LogP contribution in [0.4, 0.5) is 8.78 Å². The fourth-order valence-corrected chi connectivity index (χ4v) is 1.52. The molecule has 0 saturated heterocycles. The Morgan fingerprint density at radius 3 is 2.67 bits per heavy atom. The molecule has 0 atom stereocenters. The summed E-state index contributed by atoms with van der Waals surface area (Å²) < 4.78 is 31.2. The van der Waals surface area contributed by atoms with E-state index in [1.54, 1.807) is 0 Å². The van der Waals surface area contributed by atoms with Crippen molar-refractivity contribution < 1.29 is 18.3 Å². The monoisotopic (exact) mass is 231 g/mol. The van der Waals surface area contributed by atoms with E-state index in [0.29, 0.717) is 0 Å². The van der Waals surface area contributed by atoms with E-state index in [9.17, 15) is 13.6 Å². The van der Waals surface area contributed by atoms with Gasteiger partial charge in [0.1, 0.15) is 0 Å². The second-order valence-corrected chi connectivity index (χ2v) is 3.24. The lowest BCUT2D eigenvalue weighted by atomic mass is 10.1. The molecule has 0 bridgehead atoms. The molecule has 3 nitrogen and oxygen atoms in total. The Kier molecular flexibility index (Phi) is 2.19. The van der Waals surface area contributed by atoms with Gasteiger partial charge in [-0.15, -0.1) is 0 Å². The first-order valence-corrected chi connectivity index (χ1v) is 4.29. The van der Waals surface area contributed by atoms with E-state index >= 15 is 0 Å². The van der Waals surface area contributed by atoms with Crippen molar-refractivity contribution >= 4 is 23.4 Å². The van der Waals surface area contributed by atoms with Crippen molar-refractivity contribution in [3.8, 4) is 0 Å². The molecule has 1 heterocycles. The van der Waals surface area contributed by atoms with Gasteiger partial charge in [0.15, 0.2) is 11.6 Å². The zero-order valence-electron chi connectivity index (χ0n) is 7.47. The highest BCUT2D eigenvalue weighted by atomic mass is 35.5. The van der Waals surface area contributed by atoms with Crippen molar-refractivity contribution in [1.29, 1.82) is 0 Å². The maximum Gasteiger partial charge on any atom is 0.281 e. The Bertz CT molecular complexity index is 499. The van der Waals surface area contributed by atoms with Gasteiger partial charge in [0.2, 0.25) is 5.90 Å². The number of halogens is 3. The predicted molar refractivity (Wildman–Crippen MR) is 49.2 cm³/mol. The molecule has 78 valence electrons. The van der Waals surface area contributed by atoms with Crippen LogP contribution in [0, 0.1) is 11.6 Å². The van der Waals surface area contributed by atoms with E-state index in [2.05, 4.69) is 9.73 Å². The fourth-order valence-electron chi connectivity index (χ4n) is 1.33. The van der Waals surface area contributed by atoms with E-state index in [4.69, 9.17) is 11.6 Å². The van der Waals surface area contributed by atoms with Gasteiger partial charge in [-0.05, 0) is 6.07 Å². The highest BCUT2D eigenvalue weighted by Crippen LogP contribution is 2.29. The molecular formula is C9H4ClF2NO2. The Labute approximate surface area is 88.3 Å². The molecular weight excluding hydrogens is 228 g/mol. The Morgan fingerprint density at radius 1 is 1.40 bits per heavy atom. The van der Waals surface area contributed by atoms with Crippen molar-refractivity contribution in [2.45, 2.75) is 0 Å². The second-order valence-electron chi connectivity index (χ2n) is 2.84. The van der Waals surface area contributed by atoms with Crippen LogP contribution in [-0.4, -0.2) is 18.9 Å². The van der Waals surface area contributed by atoms with E-state index in [1.165, 1.54) is 7.11 Å². The molecule has 0 spiro atoms. The van der Waals surface area contributed by atoms with Crippen molar-refractivity contribution in [2.24, 2.45) is 4.99 Å². The van der Waals surface area contributed by atoms with Crippen molar-refractivity contribution in [2.75, 3.05) is 7.11 Å². The number of carbonyl (C=O) groups is 1. The minimum Gasteiger partial charge on any atom is -0.480 e. The van der Waals surface area contributed by atoms with Crippen LogP contribution in [0.25, 0.3) is 0 Å². The number of amides is 1. The van der Waals surface area contributed by atoms with Crippen LogP contribution in [-0.2, 0) is 4.74 Å². The summed E-state index contributed by atoms with van der Waals surface area (Å²) in [6, 6.07) is 1.03. The van der Waals surface area contributed by atoms with E-state index in [1.807, 2.05) is 0 Å². The van der Waals surface area contributed by atoms with Gasteiger partial charge in [0, 0.05) is 0 Å². The SMILES string of the molecule is COC1=NC(=O)c2cc(Cl)c(F)c(F)c21. The first-order valence-electron chi connectivity index (χ1n) is 3.91. The highest BCUT2D eigenvalue weighted by molar-refractivity contribution is 6.32. The third-order valence-corrected chi connectivity index (χ3v) is 2.28. The molecule has 1 aromatic rings. The molecule has 0 fully saturated rings. The molecule has 0 saturated carbocycles. The zero-order chi connectivity index (χ0) is 11.2. The number of hydrogen-bond acceptors (Lipinski definition) is 2. The first kappa shape index (κ1) is 10.0. The first-order chi connectivity index (χ1) is 7.06. The summed E-state index contributed by atoms with van der Waals surface area (Å²) in [7, 11) is 1.22. The summed E-state index contributed by atoms with van der Waals surface area (Å²) in [5.41, 5.74) is -0.361. The number of nitrogens with zero attached hydrogens (tertiary/aromatic N) is 1. The van der Waals surface area contributed by atoms with E-state index in [-0.39, 0.29) is 17.0 Å². The van der Waals surface area contributed by atoms with Gasteiger partial charge in [-0.25, -0.2) is 8.78 Å². The third-order valence-electron chi connectivity index (χ3n) is 2.00.